The van der Waals surface area contributed by atoms with Gasteiger partial charge in [-0.05, 0) is 69.3 Å². The first-order valence-corrected chi connectivity index (χ1v) is 9.40. The Hall–Kier alpha value is -3.00. The molecule has 0 aliphatic rings. The number of nitrogens with zero attached hydrogens (tertiary/aromatic N) is 2. The molecule has 0 radical (unpaired) electrons. The van der Waals surface area contributed by atoms with Crippen molar-refractivity contribution >= 4 is 34.7 Å². The third kappa shape index (κ3) is 6.00. The molecule has 2 aromatic carbocycles. The molecule has 0 atom stereocenters. The van der Waals surface area contributed by atoms with Gasteiger partial charge >= 0.3 is 6.18 Å². The average molecular weight is 437 g/mol. The van der Waals surface area contributed by atoms with Crippen LogP contribution in [0.5, 0.6) is 5.75 Å². The second-order valence-corrected chi connectivity index (χ2v) is 7.89. The second kappa shape index (κ2) is 8.39. The van der Waals surface area contributed by atoms with Gasteiger partial charge in [0.1, 0.15) is 22.7 Å². The maximum atomic E-state index is 13.4. The zero-order valence-electron chi connectivity index (χ0n) is 16.5. The van der Waals surface area contributed by atoms with Gasteiger partial charge in [0.05, 0.1) is 0 Å². The first kappa shape index (κ1) is 21.7. The highest BCUT2D eigenvalue weighted by atomic mass is 35.5. The number of halogens is 4. The van der Waals surface area contributed by atoms with E-state index in [-0.39, 0.29) is 17.4 Å². The highest BCUT2D eigenvalue weighted by molar-refractivity contribution is 6.30. The molecule has 1 aromatic heterocycles. The molecule has 3 aromatic rings. The van der Waals surface area contributed by atoms with Gasteiger partial charge in [-0.15, -0.1) is 0 Å². The molecule has 0 saturated heterocycles. The fourth-order valence-corrected chi connectivity index (χ4v) is 2.63. The molecule has 2 N–H and O–H groups in total. The van der Waals surface area contributed by atoms with Gasteiger partial charge < -0.3 is 15.4 Å². The van der Waals surface area contributed by atoms with Crippen molar-refractivity contribution in [2.75, 3.05) is 10.6 Å². The van der Waals surface area contributed by atoms with E-state index in [4.69, 9.17) is 16.3 Å². The van der Waals surface area contributed by atoms with Crippen LogP contribution in [0.3, 0.4) is 0 Å². The summed E-state index contributed by atoms with van der Waals surface area (Å²) in [7, 11) is 0. The summed E-state index contributed by atoms with van der Waals surface area (Å²) in [5, 5.41) is 6.12. The Labute approximate surface area is 177 Å². The predicted octanol–water partition coefficient (Wildman–Crippen LogP) is 6.81. The number of rotatable bonds is 5. The number of hydrogen-bond acceptors (Lipinski definition) is 5. The van der Waals surface area contributed by atoms with Crippen LogP contribution in [0.15, 0.2) is 54.7 Å². The predicted molar refractivity (Wildman–Crippen MR) is 112 cm³/mol. The largest absolute Gasteiger partial charge is 0.488 e. The van der Waals surface area contributed by atoms with Crippen LogP contribution in [0.2, 0.25) is 5.02 Å². The number of nitrogens with one attached hydrogen (secondary N) is 2. The Morgan fingerprint density at radius 3 is 2.00 bits per heavy atom. The van der Waals surface area contributed by atoms with E-state index in [0.717, 1.165) is 6.20 Å². The van der Waals surface area contributed by atoms with E-state index in [2.05, 4.69) is 20.6 Å². The zero-order valence-corrected chi connectivity index (χ0v) is 17.3. The SMILES string of the molecule is CC(C)(C)Oc1ccc(Nc2nc(Nc3ccc(Cl)cc3)ncc2C(F)(F)F)cc1. The van der Waals surface area contributed by atoms with Gasteiger partial charge in [0, 0.05) is 22.6 Å². The summed E-state index contributed by atoms with van der Waals surface area (Å²) in [5.41, 5.74) is -0.335. The van der Waals surface area contributed by atoms with Gasteiger partial charge in [-0.2, -0.15) is 18.2 Å². The topological polar surface area (TPSA) is 59.1 Å². The minimum absolute atomic E-state index is 0.0144. The Balaban J connectivity index is 1.86. The maximum Gasteiger partial charge on any atom is 0.421 e. The number of anilines is 4. The van der Waals surface area contributed by atoms with Gasteiger partial charge in [0.2, 0.25) is 5.95 Å². The molecule has 30 heavy (non-hydrogen) atoms. The molecule has 3 rings (SSSR count). The van der Waals surface area contributed by atoms with Crippen molar-refractivity contribution in [2.45, 2.75) is 32.5 Å². The van der Waals surface area contributed by atoms with E-state index in [0.29, 0.717) is 22.1 Å². The van der Waals surface area contributed by atoms with Crippen molar-refractivity contribution in [1.82, 2.24) is 9.97 Å². The lowest BCUT2D eigenvalue weighted by molar-refractivity contribution is -0.137. The molecule has 0 amide bonds. The third-order valence-electron chi connectivity index (χ3n) is 3.74. The molecule has 0 aliphatic carbocycles. The number of hydrogen-bond donors (Lipinski definition) is 2. The van der Waals surface area contributed by atoms with E-state index in [9.17, 15) is 13.2 Å². The van der Waals surface area contributed by atoms with Gasteiger partial charge in [0.15, 0.2) is 0 Å². The molecule has 0 saturated carbocycles. The van der Waals surface area contributed by atoms with Crippen LogP contribution in [-0.2, 0) is 6.18 Å². The number of ether oxygens (including phenoxy) is 1. The Kier molecular flexibility index (Phi) is 6.07. The first-order valence-electron chi connectivity index (χ1n) is 9.02. The molecular weight excluding hydrogens is 417 g/mol. The van der Waals surface area contributed by atoms with E-state index in [1.807, 2.05) is 20.8 Å². The van der Waals surface area contributed by atoms with Gasteiger partial charge in [-0.3, -0.25) is 0 Å². The monoisotopic (exact) mass is 436 g/mol. The molecule has 0 spiro atoms. The number of alkyl halides is 3. The van der Waals surface area contributed by atoms with Crippen molar-refractivity contribution in [3.05, 3.63) is 65.3 Å². The molecule has 0 bridgehead atoms. The molecule has 9 heteroatoms. The minimum atomic E-state index is -4.61. The second-order valence-electron chi connectivity index (χ2n) is 7.45. The summed E-state index contributed by atoms with van der Waals surface area (Å²) >= 11 is 5.84. The standard InChI is InChI=1S/C21H20ClF3N4O/c1-20(2,3)30-16-10-8-14(9-11-16)27-18-17(21(23,24)25)12-26-19(29-18)28-15-6-4-13(22)5-7-15/h4-12H,1-3H3,(H2,26,27,28,29). The van der Waals surface area contributed by atoms with Crippen LogP contribution in [0.1, 0.15) is 26.3 Å². The van der Waals surface area contributed by atoms with Crippen LogP contribution in [0.4, 0.5) is 36.3 Å². The molecular formula is C21H20ClF3N4O. The molecule has 1 heterocycles. The Morgan fingerprint density at radius 2 is 1.43 bits per heavy atom. The van der Waals surface area contributed by atoms with Crippen LogP contribution < -0.4 is 15.4 Å². The van der Waals surface area contributed by atoms with Crippen molar-refractivity contribution < 1.29 is 17.9 Å². The lowest BCUT2D eigenvalue weighted by Gasteiger charge is -2.21. The fourth-order valence-electron chi connectivity index (χ4n) is 2.50. The number of benzene rings is 2. The Morgan fingerprint density at radius 1 is 0.867 bits per heavy atom. The van der Waals surface area contributed by atoms with Crippen LogP contribution in [-0.4, -0.2) is 15.6 Å². The van der Waals surface area contributed by atoms with Crippen LogP contribution >= 0.6 is 11.6 Å². The smallest absolute Gasteiger partial charge is 0.421 e. The highest BCUT2D eigenvalue weighted by Crippen LogP contribution is 2.35. The van der Waals surface area contributed by atoms with E-state index < -0.39 is 11.7 Å². The summed E-state index contributed by atoms with van der Waals surface area (Å²) in [6, 6.07) is 13.2. The van der Waals surface area contributed by atoms with E-state index in [1.54, 1.807) is 48.5 Å². The zero-order chi connectivity index (χ0) is 21.9. The van der Waals surface area contributed by atoms with Gasteiger partial charge in [-0.1, -0.05) is 11.6 Å². The van der Waals surface area contributed by atoms with Crippen LogP contribution in [0, 0.1) is 0 Å². The van der Waals surface area contributed by atoms with Gasteiger partial charge in [0.25, 0.3) is 0 Å². The van der Waals surface area contributed by atoms with Crippen molar-refractivity contribution in [3.8, 4) is 5.75 Å². The summed E-state index contributed by atoms with van der Waals surface area (Å²) in [6.45, 7) is 5.72. The summed E-state index contributed by atoms with van der Waals surface area (Å²) in [5.74, 6) is 0.260. The Bertz CT molecular complexity index is 1000. The normalized spacial score (nSPS) is 11.8. The van der Waals surface area contributed by atoms with Crippen molar-refractivity contribution in [3.63, 3.8) is 0 Å². The van der Waals surface area contributed by atoms with Crippen molar-refractivity contribution in [1.29, 1.82) is 0 Å². The first-order chi connectivity index (χ1) is 14.0. The quantitative estimate of drug-likeness (QED) is 0.460. The number of aromatic nitrogens is 2. The van der Waals surface area contributed by atoms with E-state index >= 15 is 0 Å². The summed E-state index contributed by atoms with van der Waals surface area (Å²) in [4.78, 5) is 7.80. The highest BCUT2D eigenvalue weighted by Gasteiger charge is 2.35. The summed E-state index contributed by atoms with van der Waals surface area (Å²) < 4.78 is 46.0. The lowest BCUT2D eigenvalue weighted by Crippen LogP contribution is -2.22. The average Bonchev–Trinajstić information content (AvgIpc) is 2.63. The molecule has 0 fully saturated rings. The molecule has 5 nitrogen and oxygen atoms in total. The maximum absolute atomic E-state index is 13.4. The molecule has 0 aliphatic heterocycles. The molecule has 158 valence electrons. The van der Waals surface area contributed by atoms with E-state index in [1.165, 1.54) is 0 Å². The molecule has 0 unspecified atom stereocenters. The lowest BCUT2D eigenvalue weighted by atomic mass is 10.2. The van der Waals surface area contributed by atoms with Gasteiger partial charge in [-0.25, -0.2) is 4.98 Å². The van der Waals surface area contributed by atoms with Crippen LogP contribution in [0.25, 0.3) is 0 Å². The fraction of sp³-hybridized carbons (Fsp3) is 0.238. The third-order valence-corrected chi connectivity index (χ3v) is 3.99. The summed E-state index contributed by atoms with van der Waals surface area (Å²) in [6.07, 6.45) is -3.87. The van der Waals surface area contributed by atoms with Crippen molar-refractivity contribution in [2.24, 2.45) is 0 Å². The minimum Gasteiger partial charge on any atom is -0.488 e.